The van der Waals surface area contributed by atoms with Crippen LogP contribution in [0.5, 0.6) is 5.75 Å². The summed E-state index contributed by atoms with van der Waals surface area (Å²) in [7, 11) is 3.24. The van der Waals surface area contributed by atoms with E-state index in [2.05, 4.69) is 15.5 Å². The van der Waals surface area contributed by atoms with Crippen LogP contribution >= 0.6 is 11.8 Å². The molecule has 3 rings (SSSR count). The Bertz CT molecular complexity index is 1080. The van der Waals surface area contributed by atoms with Crippen molar-refractivity contribution in [2.24, 2.45) is 0 Å². The molecule has 0 saturated heterocycles. The molecule has 174 valence electrons. The van der Waals surface area contributed by atoms with Crippen LogP contribution in [0.4, 0.5) is 5.69 Å². The molecule has 1 aromatic heterocycles. The summed E-state index contributed by atoms with van der Waals surface area (Å²) in [6.07, 6.45) is 0. The number of benzene rings is 2. The second kappa shape index (κ2) is 12.0. The Labute approximate surface area is 196 Å². The van der Waals surface area contributed by atoms with Crippen LogP contribution < -0.4 is 10.1 Å². The van der Waals surface area contributed by atoms with Gasteiger partial charge in [0, 0.05) is 18.4 Å². The predicted molar refractivity (Wildman–Crippen MR) is 126 cm³/mol. The highest BCUT2D eigenvalue weighted by Gasteiger charge is 2.16. The molecule has 0 aliphatic rings. The van der Waals surface area contributed by atoms with Crippen molar-refractivity contribution in [3.63, 3.8) is 0 Å². The van der Waals surface area contributed by atoms with Crippen LogP contribution in [0.15, 0.2) is 53.7 Å². The zero-order valence-corrected chi connectivity index (χ0v) is 19.6. The maximum absolute atomic E-state index is 12.5. The van der Waals surface area contributed by atoms with E-state index in [1.807, 2.05) is 28.8 Å². The number of hydrogen-bond acceptors (Lipinski definition) is 8. The molecule has 0 fully saturated rings. The molecule has 3 aromatic rings. The first-order valence-corrected chi connectivity index (χ1v) is 11.3. The summed E-state index contributed by atoms with van der Waals surface area (Å²) in [5, 5.41) is 12.0. The Morgan fingerprint density at radius 2 is 1.88 bits per heavy atom. The van der Waals surface area contributed by atoms with Gasteiger partial charge in [0.15, 0.2) is 11.0 Å². The molecule has 1 N–H and O–H groups in total. The molecule has 0 spiro atoms. The summed E-state index contributed by atoms with van der Waals surface area (Å²) in [4.78, 5) is 24.4. The Morgan fingerprint density at radius 3 is 2.58 bits per heavy atom. The van der Waals surface area contributed by atoms with Gasteiger partial charge < -0.3 is 19.5 Å². The molecule has 0 atom stereocenters. The molecule has 0 bridgehead atoms. The van der Waals surface area contributed by atoms with Crippen LogP contribution in [0, 0.1) is 0 Å². The van der Waals surface area contributed by atoms with Gasteiger partial charge in [-0.3, -0.25) is 9.36 Å². The van der Waals surface area contributed by atoms with Crippen molar-refractivity contribution in [3.05, 3.63) is 54.1 Å². The number of methoxy groups -OCH3 is 2. The fourth-order valence-corrected chi connectivity index (χ4v) is 3.76. The summed E-state index contributed by atoms with van der Waals surface area (Å²) in [6, 6.07) is 14.2. The van der Waals surface area contributed by atoms with E-state index in [0.29, 0.717) is 35.4 Å². The van der Waals surface area contributed by atoms with Crippen LogP contribution in [0.3, 0.4) is 0 Å². The number of carbonyl (C=O) groups excluding carboxylic acids is 2. The van der Waals surface area contributed by atoms with E-state index >= 15 is 0 Å². The fraction of sp³-hybridized carbons (Fsp3) is 0.304. The maximum Gasteiger partial charge on any atom is 0.338 e. The Morgan fingerprint density at radius 1 is 1.09 bits per heavy atom. The highest BCUT2D eigenvalue weighted by molar-refractivity contribution is 7.99. The molecular formula is C23H26N4O5S. The predicted octanol–water partition coefficient (Wildman–Crippen LogP) is 3.51. The van der Waals surface area contributed by atoms with Crippen LogP contribution in [-0.2, 0) is 20.8 Å². The maximum atomic E-state index is 12.5. The molecule has 33 heavy (non-hydrogen) atoms. The molecule has 0 aliphatic heterocycles. The molecule has 0 unspecified atom stereocenters. The van der Waals surface area contributed by atoms with Crippen molar-refractivity contribution >= 4 is 29.3 Å². The third-order valence-electron chi connectivity index (χ3n) is 4.57. The van der Waals surface area contributed by atoms with Crippen LogP contribution in [0.25, 0.3) is 11.4 Å². The van der Waals surface area contributed by atoms with E-state index in [4.69, 9.17) is 14.2 Å². The first-order valence-electron chi connectivity index (χ1n) is 10.3. The van der Waals surface area contributed by atoms with E-state index in [-0.39, 0.29) is 18.3 Å². The number of rotatable bonds is 11. The standard InChI is InChI=1S/C23H26N4O5S/c1-4-32-22(29)17-6-5-7-18(14-17)24-20(28)15-33-23-26-25-21(27(23)12-13-30-2)16-8-10-19(31-3)11-9-16/h5-11,14H,4,12-13,15H2,1-3H3,(H,24,28). The quantitative estimate of drug-likeness (QED) is 0.335. The first-order chi connectivity index (χ1) is 16.0. The zero-order valence-electron chi connectivity index (χ0n) is 18.7. The van der Waals surface area contributed by atoms with Gasteiger partial charge in [0.1, 0.15) is 5.75 Å². The highest BCUT2D eigenvalue weighted by Crippen LogP contribution is 2.26. The monoisotopic (exact) mass is 470 g/mol. The molecule has 0 aliphatic carbocycles. The fourth-order valence-electron chi connectivity index (χ4n) is 3.00. The lowest BCUT2D eigenvalue weighted by Gasteiger charge is -2.10. The topological polar surface area (TPSA) is 105 Å². The van der Waals surface area contributed by atoms with Crippen molar-refractivity contribution in [1.82, 2.24) is 14.8 Å². The summed E-state index contributed by atoms with van der Waals surface area (Å²) in [5.74, 6) is 0.894. The number of anilines is 1. The molecule has 9 nitrogen and oxygen atoms in total. The largest absolute Gasteiger partial charge is 0.497 e. The molecule has 2 aromatic carbocycles. The lowest BCUT2D eigenvalue weighted by atomic mass is 10.2. The number of nitrogens with one attached hydrogen (secondary N) is 1. The average molecular weight is 471 g/mol. The van der Waals surface area contributed by atoms with Crippen LogP contribution in [-0.4, -0.2) is 59.8 Å². The number of thioether (sulfide) groups is 1. The minimum absolute atomic E-state index is 0.122. The van der Waals surface area contributed by atoms with E-state index in [1.54, 1.807) is 45.4 Å². The van der Waals surface area contributed by atoms with Gasteiger partial charge in [-0.1, -0.05) is 17.8 Å². The molecule has 1 amide bonds. The lowest BCUT2D eigenvalue weighted by Crippen LogP contribution is -2.15. The van der Waals surface area contributed by atoms with Gasteiger partial charge in [0.05, 0.1) is 38.2 Å². The van der Waals surface area contributed by atoms with Crippen LogP contribution in [0.2, 0.25) is 0 Å². The van der Waals surface area contributed by atoms with Gasteiger partial charge in [0.25, 0.3) is 0 Å². The minimum atomic E-state index is -0.430. The average Bonchev–Trinajstić information content (AvgIpc) is 3.24. The summed E-state index contributed by atoms with van der Waals surface area (Å²) >= 11 is 1.27. The van der Waals surface area contributed by atoms with E-state index in [9.17, 15) is 9.59 Å². The molecular weight excluding hydrogens is 444 g/mol. The Balaban J connectivity index is 1.69. The number of nitrogens with zero attached hydrogens (tertiary/aromatic N) is 3. The van der Waals surface area contributed by atoms with Crippen molar-refractivity contribution in [2.75, 3.05) is 38.5 Å². The lowest BCUT2D eigenvalue weighted by molar-refractivity contribution is -0.113. The van der Waals surface area contributed by atoms with E-state index < -0.39 is 5.97 Å². The molecule has 1 heterocycles. The van der Waals surface area contributed by atoms with Gasteiger partial charge in [-0.05, 0) is 49.4 Å². The number of aromatic nitrogens is 3. The highest BCUT2D eigenvalue weighted by atomic mass is 32.2. The normalized spacial score (nSPS) is 10.6. The van der Waals surface area contributed by atoms with Gasteiger partial charge >= 0.3 is 5.97 Å². The van der Waals surface area contributed by atoms with Gasteiger partial charge in [-0.2, -0.15) is 0 Å². The smallest absolute Gasteiger partial charge is 0.338 e. The van der Waals surface area contributed by atoms with Crippen molar-refractivity contribution in [2.45, 2.75) is 18.6 Å². The zero-order chi connectivity index (χ0) is 23.6. The van der Waals surface area contributed by atoms with Crippen molar-refractivity contribution < 1.29 is 23.8 Å². The number of ether oxygens (including phenoxy) is 3. The van der Waals surface area contributed by atoms with E-state index in [1.165, 1.54) is 11.8 Å². The molecule has 10 heteroatoms. The Kier molecular flexibility index (Phi) is 8.85. The van der Waals surface area contributed by atoms with Gasteiger partial charge in [-0.15, -0.1) is 10.2 Å². The summed E-state index contributed by atoms with van der Waals surface area (Å²) in [6.45, 7) is 3.04. The third-order valence-corrected chi connectivity index (χ3v) is 5.54. The van der Waals surface area contributed by atoms with Crippen molar-refractivity contribution in [1.29, 1.82) is 0 Å². The number of hydrogen-bond donors (Lipinski definition) is 1. The van der Waals surface area contributed by atoms with E-state index in [0.717, 1.165) is 11.3 Å². The van der Waals surface area contributed by atoms with Crippen molar-refractivity contribution in [3.8, 4) is 17.1 Å². The minimum Gasteiger partial charge on any atom is -0.497 e. The van der Waals surface area contributed by atoms with Crippen LogP contribution in [0.1, 0.15) is 17.3 Å². The number of carbonyl (C=O) groups is 2. The second-order valence-electron chi connectivity index (χ2n) is 6.82. The molecule has 0 radical (unpaired) electrons. The Hall–Kier alpha value is -3.37. The third kappa shape index (κ3) is 6.56. The first kappa shape index (κ1) is 24.3. The van der Waals surface area contributed by atoms with Gasteiger partial charge in [0.2, 0.25) is 5.91 Å². The number of amides is 1. The number of esters is 1. The summed E-state index contributed by atoms with van der Waals surface area (Å²) < 4.78 is 17.4. The summed E-state index contributed by atoms with van der Waals surface area (Å²) in [5.41, 5.74) is 1.78. The molecule has 0 saturated carbocycles. The second-order valence-corrected chi connectivity index (χ2v) is 7.76. The van der Waals surface area contributed by atoms with Gasteiger partial charge in [-0.25, -0.2) is 4.79 Å². The SMILES string of the molecule is CCOC(=O)c1cccc(NC(=O)CSc2nnc(-c3ccc(OC)cc3)n2CCOC)c1.